The molecule has 0 spiro atoms. The van der Waals surface area contributed by atoms with Crippen molar-refractivity contribution < 1.29 is 19.0 Å². The van der Waals surface area contributed by atoms with Gasteiger partial charge in [0.15, 0.2) is 16.3 Å². The summed E-state index contributed by atoms with van der Waals surface area (Å²) in [4.78, 5) is 17.7. The van der Waals surface area contributed by atoms with Crippen molar-refractivity contribution >= 4 is 43.4 Å². The van der Waals surface area contributed by atoms with Crippen LogP contribution >= 0.6 is 27.3 Å². The highest BCUT2D eigenvalue weighted by Crippen LogP contribution is 2.33. The molecule has 142 valence electrons. The number of ether oxygens (including phenoxy) is 3. The van der Waals surface area contributed by atoms with Gasteiger partial charge in [-0.25, -0.2) is 0 Å². The number of methoxy groups -OCH3 is 3. The van der Waals surface area contributed by atoms with E-state index in [1.54, 1.807) is 27.4 Å². The summed E-state index contributed by atoms with van der Waals surface area (Å²) in [5.41, 5.74) is 1.43. The van der Waals surface area contributed by atoms with Crippen LogP contribution in [0.2, 0.25) is 0 Å². The molecule has 0 saturated heterocycles. The Morgan fingerprint density at radius 3 is 2.52 bits per heavy atom. The quantitative estimate of drug-likeness (QED) is 0.571. The van der Waals surface area contributed by atoms with Gasteiger partial charge in [-0.3, -0.25) is 4.79 Å². The largest absolute Gasteiger partial charge is 0.493 e. The first kappa shape index (κ1) is 19.6. The van der Waals surface area contributed by atoms with E-state index >= 15 is 0 Å². The molecule has 0 aliphatic carbocycles. The van der Waals surface area contributed by atoms with E-state index in [1.807, 2.05) is 34.9 Å². The zero-order chi connectivity index (χ0) is 19.4. The first-order chi connectivity index (χ1) is 13.1. The average molecular weight is 451 g/mol. The fourth-order valence-electron chi connectivity index (χ4n) is 2.66. The summed E-state index contributed by atoms with van der Waals surface area (Å²) in [6.45, 7) is 1.06. The summed E-state index contributed by atoms with van der Waals surface area (Å²) in [7, 11) is 4.83. The second-order valence-electron chi connectivity index (χ2n) is 5.60. The summed E-state index contributed by atoms with van der Waals surface area (Å²) in [6, 6.07) is 11.0. The van der Waals surface area contributed by atoms with Crippen molar-refractivity contribution in [3.8, 4) is 11.5 Å². The van der Waals surface area contributed by atoms with Crippen LogP contribution < -0.4 is 14.3 Å². The van der Waals surface area contributed by atoms with Gasteiger partial charge in [-0.05, 0) is 28.1 Å². The molecule has 8 heteroatoms. The minimum Gasteiger partial charge on any atom is -0.493 e. The minimum absolute atomic E-state index is 0.306. The van der Waals surface area contributed by atoms with Crippen molar-refractivity contribution in [1.29, 1.82) is 0 Å². The van der Waals surface area contributed by atoms with Crippen molar-refractivity contribution in [1.82, 2.24) is 4.57 Å². The number of carbonyl (C=O) groups is 1. The van der Waals surface area contributed by atoms with Gasteiger partial charge >= 0.3 is 0 Å². The molecule has 0 unspecified atom stereocenters. The van der Waals surface area contributed by atoms with Crippen molar-refractivity contribution in [2.24, 2.45) is 4.99 Å². The second-order valence-corrected chi connectivity index (χ2v) is 7.46. The molecule has 0 aliphatic rings. The van der Waals surface area contributed by atoms with Crippen LogP contribution in [-0.2, 0) is 11.3 Å². The second kappa shape index (κ2) is 8.69. The van der Waals surface area contributed by atoms with E-state index in [1.165, 1.54) is 11.3 Å². The lowest BCUT2D eigenvalue weighted by atomic mass is 10.2. The molecule has 3 rings (SSSR count). The summed E-state index contributed by atoms with van der Waals surface area (Å²) in [5, 5.41) is 0. The molecule has 1 amide bonds. The Balaban J connectivity index is 2.18. The maximum atomic E-state index is 12.7. The third kappa shape index (κ3) is 4.07. The topological polar surface area (TPSA) is 62.1 Å². The maximum Gasteiger partial charge on any atom is 0.280 e. The van der Waals surface area contributed by atoms with Crippen LogP contribution in [0.5, 0.6) is 11.5 Å². The molecule has 0 aliphatic heterocycles. The Hall–Kier alpha value is -2.16. The maximum absolute atomic E-state index is 12.7. The van der Waals surface area contributed by atoms with Gasteiger partial charge in [0.05, 0.1) is 36.6 Å². The van der Waals surface area contributed by atoms with Gasteiger partial charge in [0.2, 0.25) is 0 Å². The van der Waals surface area contributed by atoms with E-state index in [-0.39, 0.29) is 5.91 Å². The number of nitrogens with zero attached hydrogens (tertiary/aromatic N) is 2. The zero-order valence-electron chi connectivity index (χ0n) is 15.2. The van der Waals surface area contributed by atoms with E-state index in [2.05, 4.69) is 20.9 Å². The lowest BCUT2D eigenvalue weighted by Crippen LogP contribution is -2.19. The summed E-state index contributed by atoms with van der Waals surface area (Å²) in [6.07, 6.45) is 0. The smallest absolute Gasteiger partial charge is 0.280 e. The van der Waals surface area contributed by atoms with Crippen LogP contribution in [0.3, 0.4) is 0 Å². The molecule has 6 nitrogen and oxygen atoms in total. The summed E-state index contributed by atoms with van der Waals surface area (Å²) >= 11 is 4.83. The number of hydrogen-bond donors (Lipinski definition) is 0. The van der Waals surface area contributed by atoms with Crippen LogP contribution in [-0.4, -0.2) is 38.4 Å². The molecule has 27 heavy (non-hydrogen) atoms. The molecule has 0 radical (unpaired) electrons. The van der Waals surface area contributed by atoms with E-state index in [4.69, 9.17) is 14.2 Å². The number of thiazole rings is 1. The Labute approximate surface area is 169 Å². The number of halogens is 1. The Morgan fingerprint density at radius 1 is 1.15 bits per heavy atom. The van der Waals surface area contributed by atoms with Crippen molar-refractivity contribution in [3.05, 3.63) is 51.2 Å². The highest BCUT2D eigenvalue weighted by Gasteiger charge is 2.14. The molecule has 0 bridgehead atoms. The van der Waals surface area contributed by atoms with Gasteiger partial charge in [0, 0.05) is 30.3 Å². The monoisotopic (exact) mass is 450 g/mol. The van der Waals surface area contributed by atoms with E-state index in [0.29, 0.717) is 39.5 Å². The molecule has 0 N–H and O–H groups in total. The SMILES string of the molecule is COCCn1c(=NC(=O)c2ccccc2Br)sc2cc(OC)c(OC)cc21. The fraction of sp³-hybridized carbons (Fsp3) is 0.263. The normalized spacial score (nSPS) is 11.8. The number of carbonyl (C=O) groups excluding carboxylic acids is 1. The Kier molecular flexibility index (Phi) is 6.30. The van der Waals surface area contributed by atoms with Crippen LogP contribution in [0.25, 0.3) is 10.2 Å². The summed E-state index contributed by atoms with van der Waals surface area (Å²) < 4.78 is 19.6. The van der Waals surface area contributed by atoms with Crippen molar-refractivity contribution in [2.75, 3.05) is 27.9 Å². The predicted molar refractivity (Wildman–Crippen MR) is 109 cm³/mol. The third-order valence-electron chi connectivity index (χ3n) is 4.01. The molecule has 0 fully saturated rings. The van der Waals surface area contributed by atoms with E-state index in [0.717, 1.165) is 10.2 Å². The average Bonchev–Trinajstić information content (AvgIpc) is 3.01. The Morgan fingerprint density at radius 2 is 1.85 bits per heavy atom. The first-order valence-electron chi connectivity index (χ1n) is 8.17. The molecule has 2 aromatic carbocycles. The molecule has 0 saturated carbocycles. The standard InChI is InChI=1S/C19H19BrN2O4S/c1-24-9-8-22-14-10-15(25-2)16(26-3)11-17(14)27-19(22)21-18(23)12-6-4-5-7-13(12)20/h4-7,10-11H,8-9H2,1-3H3. The summed E-state index contributed by atoms with van der Waals surface area (Å²) in [5.74, 6) is 0.950. The highest BCUT2D eigenvalue weighted by molar-refractivity contribution is 9.10. The van der Waals surface area contributed by atoms with E-state index in [9.17, 15) is 4.79 Å². The van der Waals surface area contributed by atoms with Gasteiger partial charge < -0.3 is 18.8 Å². The first-order valence-corrected chi connectivity index (χ1v) is 9.78. The minimum atomic E-state index is -0.306. The molecule has 1 aromatic heterocycles. The van der Waals surface area contributed by atoms with E-state index < -0.39 is 0 Å². The van der Waals surface area contributed by atoms with Crippen molar-refractivity contribution in [3.63, 3.8) is 0 Å². The van der Waals surface area contributed by atoms with Gasteiger partial charge in [-0.1, -0.05) is 23.5 Å². The Bertz CT molecular complexity index is 1040. The third-order valence-corrected chi connectivity index (χ3v) is 5.74. The predicted octanol–water partition coefficient (Wildman–Crippen LogP) is 3.87. The van der Waals surface area contributed by atoms with Gasteiger partial charge in [0.25, 0.3) is 5.91 Å². The molecule has 0 atom stereocenters. The van der Waals surface area contributed by atoms with Crippen LogP contribution in [0.4, 0.5) is 0 Å². The van der Waals surface area contributed by atoms with Gasteiger partial charge in [0.1, 0.15) is 0 Å². The lowest BCUT2D eigenvalue weighted by Gasteiger charge is -2.09. The van der Waals surface area contributed by atoms with Crippen LogP contribution in [0.15, 0.2) is 45.9 Å². The molecular formula is C19H19BrN2O4S. The molecular weight excluding hydrogens is 432 g/mol. The number of amides is 1. The fourth-order valence-corrected chi connectivity index (χ4v) is 4.18. The molecule has 3 aromatic rings. The lowest BCUT2D eigenvalue weighted by molar-refractivity contribution is 0.0996. The number of benzene rings is 2. The van der Waals surface area contributed by atoms with Crippen LogP contribution in [0, 0.1) is 0 Å². The number of rotatable bonds is 6. The van der Waals surface area contributed by atoms with Crippen molar-refractivity contribution in [2.45, 2.75) is 6.54 Å². The number of hydrogen-bond acceptors (Lipinski definition) is 5. The highest BCUT2D eigenvalue weighted by atomic mass is 79.9. The van der Waals surface area contributed by atoms with Crippen LogP contribution in [0.1, 0.15) is 10.4 Å². The van der Waals surface area contributed by atoms with Gasteiger partial charge in [-0.15, -0.1) is 0 Å². The molecule has 1 heterocycles. The number of aromatic nitrogens is 1. The number of fused-ring (bicyclic) bond motifs is 1. The zero-order valence-corrected chi connectivity index (χ0v) is 17.6. The van der Waals surface area contributed by atoms with Gasteiger partial charge in [-0.2, -0.15) is 4.99 Å².